The van der Waals surface area contributed by atoms with Crippen molar-refractivity contribution < 1.29 is 34.2 Å². The molecular formula is C18H23N3O7. The van der Waals surface area contributed by atoms with E-state index in [0.717, 1.165) is 0 Å². The van der Waals surface area contributed by atoms with Gasteiger partial charge in [0.15, 0.2) is 0 Å². The van der Waals surface area contributed by atoms with Gasteiger partial charge in [-0.25, -0.2) is 4.79 Å². The van der Waals surface area contributed by atoms with Crippen molar-refractivity contribution in [2.45, 2.75) is 38.3 Å². The summed E-state index contributed by atoms with van der Waals surface area (Å²) >= 11 is 0. The Morgan fingerprint density at radius 3 is 2.11 bits per heavy atom. The quantitative estimate of drug-likeness (QED) is 0.331. The van der Waals surface area contributed by atoms with Crippen LogP contribution in [0.1, 0.15) is 25.3 Å². The van der Waals surface area contributed by atoms with Crippen LogP contribution in [-0.2, 0) is 30.4 Å². The van der Waals surface area contributed by atoms with Gasteiger partial charge in [-0.05, 0) is 5.56 Å². The summed E-state index contributed by atoms with van der Waals surface area (Å²) in [6.45, 7) is 1.16. The molecule has 0 aliphatic rings. The summed E-state index contributed by atoms with van der Waals surface area (Å²) in [5.41, 5.74) is 0.663. The number of amides is 3. The first-order valence-electron chi connectivity index (χ1n) is 8.57. The fourth-order valence-corrected chi connectivity index (χ4v) is 2.26. The molecule has 10 heteroatoms. The number of aliphatic carboxylic acids is 2. The van der Waals surface area contributed by atoms with Crippen molar-refractivity contribution in [3.63, 3.8) is 0 Å². The molecule has 1 rings (SSSR count). The number of hydrogen-bond donors (Lipinski definition) is 5. The van der Waals surface area contributed by atoms with Gasteiger partial charge in [-0.15, -0.1) is 0 Å². The van der Waals surface area contributed by atoms with Crippen LogP contribution in [0.5, 0.6) is 0 Å². The number of carbonyl (C=O) groups excluding carboxylic acids is 3. The molecule has 0 aliphatic heterocycles. The Labute approximate surface area is 161 Å². The zero-order valence-electron chi connectivity index (χ0n) is 15.3. The molecule has 0 unspecified atom stereocenters. The summed E-state index contributed by atoms with van der Waals surface area (Å²) in [4.78, 5) is 57.9. The zero-order chi connectivity index (χ0) is 21.1. The average molecular weight is 393 g/mol. The van der Waals surface area contributed by atoms with Gasteiger partial charge in [0, 0.05) is 12.8 Å². The van der Waals surface area contributed by atoms with E-state index in [1.165, 1.54) is 0 Å². The Balaban J connectivity index is 2.77. The minimum Gasteiger partial charge on any atom is -0.481 e. The van der Waals surface area contributed by atoms with E-state index in [9.17, 15) is 29.1 Å². The van der Waals surface area contributed by atoms with Crippen LogP contribution in [0.2, 0.25) is 0 Å². The fraction of sp³-hybridized carbons (Fsp3) is 0.389. The van der Waals surface area contributed by atoms with E-state index in [-0.39, 0.29) is 18.7 Å². The first-order chi connectivity index (χ1) is 13.2. The summed E-state index contributed by atoms with van der Waals surface area (Å²) in [5, 5.41) is 25.0. The van der Waals surface area contributed by atoms with Gasteiger partial charge in [0.2, 0.25) is 17.7 Å². The first-order valence-corrected chi connectivity index (χ1v) is 8.57. The van der Waals surface area contributed by atoms with Crippen LogP contribution >= 0.6 is 0 Å². The van der Waals surface area contributed by atoms with Crippen molar-refractivity contribution >= 4 is 29.7 Å². The maximum Gasteiger partial charge on any atom is 0.326 e. The molecule has 2 atom stereocenters. The molecule has 0 spiro atoms. The van der Waals surface area contributed by atoms with Gasteiger partial charge in [0.05, 0.1) is 13.0 Å². The Kier molecular flexibility index (Phi) is 9.14. The highest BCUT2D eigenvalue weighted by atomic mass is 16.4. The van der Waals surface area contributed by atoms with E-state index in [1.807, 2.05) is 0 Å². The van der Waals surface area contributed by atoms with Crippen LogP contribution in [0.25, 0.3) is 0 Å². The van der Waals surface area contributed by atoms with Crippen LogP contribution in [-0.4, -0.2) is 58.5 Å². The highest BCUT2D eigenvalue weighted by molar-refractivity contribution is 5.94. The average Bonchev–Trinajstić information content (AvgIpc) is 2.65. The van der Waals surface area contributed by atoms with Crippen molar-refractivity contribution in [1.82, 2.24) is 16.0 Å². The highest BCUT2D eigenvalue weighted by Gasteiger charge is 2.28. The number of nitrogens with one attached hydrogen (secondary N) is 3. The molecule has 0 heterocycles. The number of carbonyl (C=O) groups is 5. The summed E-state index contributed by atoms with van der Waals surface area (Å²) in [7, 11) is 0. The van der Waals surface area contributed by atoms with Crippen molar-refractivity contribution in [1.29, 1.82) is 0 Å². The van der Waals surface area contributed by atoms with Crippen molar-refractivity contribution in [3.8, 4) is 0 Å². The maximum absolute atomic E-state index is 12.4. The molecule has 1 aromatic rings. The molecule has 0 aliphatic carbocycles. The normalized spacial score (nSPS) is 12.3. The van der Waals surface area contributed by atoms with Crippen LogP contribution < -0.4 is 16.0 Å². The minimum atomic E-state index is -1.49. The SMILES string of the molecule is CCC(=O)NCC(=O)N[C@@H](CC(=O)O)C(=O)N[C@@H](Cc1ccccc1)C(=O)O. The van der Waals surface area contributed by atoms with Gasteiger partial charge in [0.1, 0.15) is 12.1 Å². The molecule has 5 N–H and O–H groups in total. The van der Waals surface area contributed by atoms with Crippen LogP contribution in [0.3, 0.4) is 0 Å². The van der Waals surface area contributed by atoms with Gasteiger partial charge < -0.3 is 26.2 Å². The molecule has 152 valence electrons. The third kappa shape index (κ3) is 8.30. The lowest BCUT2D eigenvalue weighted by Gasteiger charge is -2.20. The third-order valence-corrected chi connectivity index (χ3v) is 3.69. The van der Waals surface area contributed by atoms with Crippen molar-refractivity contribution in [3.05, 3.63) is 35.9 Å². The lowest BCUT2D eigenvalue weighted by molar-refractivity contribution is -0.143. The predicted molar refractivity (Wildman–Crippen MR) is 97.2 cm³/mol. The number of rotatable bonds is 11. The Morgan fingerprint density at radius 2 is 1.57 bits per heavy atom. The standard InChI is InChI=1S/C18H23N3O7/c1-2-14(22)19-10-15(23)20-12(9-16(24)25)17(26)21-13(18(27)28)8-11-6-4-3-5-7-11/h3-7,12-13H,2,8-10H2,1H3,(H,19,22)(H,20,23)(H,21,26)(H,24,25)(H,27,28)/t12-,13-/m0/s1. The number of benzene rings is 1. The third-order valence-electron chi connectivity index (χ3n) is 3.69. The summed E-state index contributed by atoms with van der Waals surface area (Å²) < 4.78 is 0. The molecule has 0 aromatic heterocycles. The van der Waals surface area contributed by atoms with Crippen LogP contribution in [0, 0.1) is 0 Å². The molecule has 0 radical (unpaired) electrons. The van der Waals surface area contributed by atoms with E-state index in [4.69, 9.17) is 5.11 Å². The van der Waals surface area contributed by atoms with Crippen molar-refractivity contribution in [2.24, 2.45) is 0 Å². The molecule has 3 amide bonds. The van der Waals surface area contributed by atoms with Crippen LogP contribution in [0.4, 0.5) is 0 Å². The van der Waals surface area contributed by atoms with E-state index in [1.54, 1.807) is 37.3 Å². The molecule has 0 saturated carbocycles. The summed E-state index contributed by atoms with van der Waals surface area (Å²) in [6, 6.07) is 5.78. The minimum absolute atomic E-state index is 0.0117. The molecule has 1 aromatic carbocycles. The number of hydrogen-bond acceptors (Lipinski definition) is 5. The molecule has 10 nitrogen and oxygen atoms in total. The van der Waals surface area contributed by atoms with E-state index in [0.29, 0.717) is 5.56 Å². The molecule has 0 saturated heterocycles. The Bertz CT molecular complexity index is 721. The molecule has 0 fully saturated rings. The number of carboxylic acid groups (broad SMARTS) is 2. The maximum atomic E-state index is 12.4. The Morgan fingerprint density at radius 1 is 0.929 bits per heavy atom. The predicted octanol–water partition coefficient (Wildman–Crippen LogP) is -0.716. The van der Waals surface area contributed by atoms with Crippen LogP contribution in [0.15, 0.2) is 30.3 Å². The van der Waals surface area contributed by atoms with Gasteiger partial charge in [-0.1, -0.05) is 37.3 Å². The lowest BCUT2D eigenvalue weighted by atomic mass is 10.1. The number of carboxylic acids is 2. The van der Waals surface area contributed by atoms with Gasteiger partial charge in [-0.2, -0.15) is 0 Å². The van der Waals surface area contributed by atoms with Gasteiger partial charge in [-0.3, -0.25) is 19.2 Å². The van der Waals surface area contributed by atoms with Gasteiger partial charge in [0.25, 0.3) is 0 Å². The fourth-order valence-electron chi connectivity index (χ4n) is 2.26. The smallest absolute Gasteiger partial charge is 0.326 e. The molecular weight excluding hydrogens is 370 g/mol. The highest BCUT2D eigenvalue weighted by Crippen LogP contribution is 2.04. The molecule has 28 heavy (non-hydrogen) atoms. The lowest BCUT2D eigenvalue weighted by Crippen LogP contribution is -2.54. The Hall–Kier alpha value is -3.43. The van der Waals surface area contributed by atoms with E-state index < -0.39 is 48.8 Å². The largest absolute Gasteiger partial charge is 0.481 e. The van der Waals surface area contributed by atoms with E-state index >= 15 is 0 Å². The van der Waals surface area contributed by atoms with Crippen molar-refractivity contribution in [2.75, 3.05) is 6.54 Å². The second kappa shape index (κ2) is 11.3. The second-order valence-corrected chi connectivity index (χ2v) is 5.94. The molecule has 0 bridgehead atoms. The second-order valence-electron chi connectivity index (χ2n) is 5.94. The summed E-state index contributed by atoms with van der Waals surface area (Å²) in [6.07, 6.45) is -0.592. The van der Waals surface area contributed by atoms with E-state index in [2.05, 4.69) is 16.0 Å². The zero-order valence-corrected chi connectivity index (χ0v) is 15.3. The first kappa shape index (κ1) is 22.6. The topological polar surface area (TPSA) is 162 Å². The summed E-state index contributed by atoms with van der Waals surface area (Å²) in [5.74, 6) is -4.75. The van der Waals surface area contributed by atoms with Gasteiger partial charge >= 0.3 is 11.9 Å². The monoisotopic (exact) mass is 393 g/mol.